The number of nitrogens with zero attached hydrogens (tertiary/aromatic N) is 4. The maximum Gasteiger partial charge on any atom is 0.244 e. The molecule has 27 heavy (non-hydrogen) atoms. The van der Waals surface area contributed by atoms with Crippen LogP contribution in [-0.2, 0) is 16.6 Å². The number of carbonyl (C=O) groups excluding carboxylic acids is 2. The highest BCUT2D eigenvalue weighted by atomic mass is 35.5. The molecular formula is C18H22ClN5O3. The molecule has 0 radical (unpaired) electrons. The van der Waals surface area contributed by atoms with E-state index in [1.807, 2.05) is 7.05 Å². The predicted octanol–water partition coefficient (Wildman–Crippen LogP) is 1.76. The maximum absolute atomic E-state index is 12.7. The summed E-state index contributed by atoms with van der Waals surface area (Å²) in [5.41, 5.74) is 1.27. The van der Waals surface area contributed by atoms with Crippen LogP contribution >= 0.6 is 11.6 Å². The smallest absolute Gasteiger partial charge is 0.244 e. The third-order valence-electron chi connectivity index (χ3n) is 4.54. The van der Waals surface area contributed by atoms with Gasteiger partial charge in [0.25, 0.3) is 0 Å². The van der Waals surface area contributed by atoms with Crippen LogP contribution in [0.5, 0.6) is 5.75 Å². The Bertz CT molecular complexity index is 853. The fourth-order valence-electron chi connectivity index (χ4n) is 3.18. The lowest BCUT2D eigenvalue weighted by atomic mass is 10.2. The second kappa shape index (κ2) is 7.98. The van der Waals surface area contributed by atoms with E-state index in [4.69, 9.17) is 16.3 Å². The molecule has 1 saturated heterocycles. The summed E-state index contributed by atoms with van der Waals surface area (Å²) < 4.78 is 6.89. The van der Waals surface area contributed by atoms with E-state index in [-0.39, 0.29) is 24.4 Å². The number of carbonyl (C=O) groups is 2. The predicted molar refractivity (Wildman–Crippen MR) is 103 cm³/mol. The zero-order chi connectivity index (χ0) is 19.6. The van der Waals surface area contributed by atoms with Crippen molar-refractivity contribution in [3.8, 4) is 5.75 Å². The summed E-state index contributed by atoms with van der Waals surface area (Å²) in [7, 11) is 5.10. The van der Waals surface area contributed by atoms with E-state index in [0.717, 1.165) is 5.69 Å². The number of likely N-dealkylation sites (N-methyl/N-ethyl adjacent to an activating group) is 1. The highest BCUT2D eigenvalue weighted by molar-refractivity contribution is 6.31. The van der Waals surface area contributed by atoms with Crippen LogP contribution in [0.1, 0.15) is 6.42 Å². The van der Waals surface area contributed by atoms with Crippen LogP contribution in [-0.4, -0.2) is 59.8 Å². The van der Waals surface area contributed by atoms with E-state index < -0.39 is 0 Å². The van der Waals surface area contributed by atoms with Gasteiger partial charge in [0.15, 0.2) is 0 Å². The van der Waals surface area contributed by atoms with Crippen LogP contribution in [0.4, 0.5) is 11.4 Å². The summed E-state index contributed by atoms with van der Waals surface area (Å²) in [5.74, 6) is 0.249. The minimum absolute atomic E-state index is 0.0290. The number of aryl methyl sites for hydroxylation is 1. The van der Waals surface area contributed by atoms with Gasteiger partial charge >= 0.3 is 0 Å². The summed E-state index contributed by atoms with van der Waals surface area (Å²) in [6, 6.07) is 4.65. The quantitative estimate of drug-likeness (QED) is 0.811. The molecule has 2 aromatic rings. The molecule has 8 nitrogen and oxygen atoms in total. The molecule has 0 saturated carbocycles. The SMILES string of the molecule is COc1ccc(Cl)cc1NC(=O)CN(C)C1CCN(c2cnn(C)c2)C1=O. The molecule has 0 spiro atoms. The number of benzene rings is 1. The minimum Gasteiger partial charge on any atom is -0.495 e. The topological polar surface area (TPSA) is 79.7 Å². The van der Waals surface area contributed by atoms with Gasteiger partial charge in [-0.1, -0.05) is 11.6 Å². The Hall–Kier alpha value is -2.58. The Kier molecular flexibility index (Phi) is 5.67. The van der Waals surface area contributed by atoms with Crippen molar-refractivity contribution in [3.63, 3.8) is 0 Å². The van der Waals surface area contributed by atoms with Crippen molar-refractivity contribution >= 4 is 34.8 Å². The summed E-state index contributed by atoms with van der Waals surface area (Å²) in [5, 5.41) is 7.39. The summed E-state index contributed by atoms with van der Waals surface area (Å²) in [6.07, 6.45) is 4.12. The standard InChI is InChI=1S/C18H22ClN5O3/c1-22(11-17(25)21-14-8-12(19)4-5-16(14)27-3)15-6-7-24(18(15)26)13-9-20-23(2)10-13/h4-5,8-10,15H,6-7,11H2,1-3H3,(H,21,25). The first-order valence-corrected chi connectivity index (χ1v) is 8.90. The lowest BCUT2D eigenvalue weighted by Crippen LogP contribution is -2.43. The number of nitrogens with one attached hydrogen (secondary N) is 1. The van der Waals surface area contributed by atoms with E-state index >= 15 is 0 Å². The molecule has 1 N–H and O–H groups in total. The molecule has 1 atom stereocenters. The molecule has 1 fully saturated rings. The van der Waals surface area contributed by atoms with E-state index in [1.165, 1.54) is 7.11 Å². The number of hydrogen-bond acceptors (Lipinski definition) is 5. The fraction of sp³-hybridized carbons (Fsp3) is 0.389. The lowest BCUT2D eigenvalue weighted by Gasteiger charge is -2.23. The number of rotatable bonds is 6. The minimum atomic E-state index is -0.350. The normalized spacial score (nSPS) is 16.9. The van der Waals surface area contributed by atoms with Crippen LogP contribution in [0.25, 0.3) is 0 Å². The number of hydrogen-bond donors (Lipinski definition) is 1. The molecule has 144 valence electrons. The Labute approximate surface area is 162 Å². The number of halogens is 1. The Morgan fingerprint density at radius 2 is 2.26 bits per heavy atom. The Morgan fingerprint density at radius 1 is 1.48 bits per heavy atom. The average Bonchev–Trinajstić information content (AvgIpc) is 3.20. The van der Waals surface area contributed by atoms with E-state index in [1.54, 1.807) is 52.1 Å². The Morgan fingerprint density at radius 3 is 2.93 bits per heavy atom. The highest BCUT2D eigenvalue weighted by Gasteiger charge is 2.36. The number of aromatic nitrogens is 2. The van der Waals surface area contributed by atoms with E-state index in [9.17, 15) is 9.59 Å². The molecule has 1 unspecified atom stereocenters. The van der Waals surface area contributed by atoms with Crippen molar-refractivity contribution in [2.24, 2.45) is 7.05 Å². The van der Waals surface area contributed by atoms with Crippen molar-refractivity contribution < 1.29 is 14.3 Å². The van der Waals surface area contributed by atoms with Gasteiger partial charge < -0.3 is 15.0 Å². The van der Waals surface area contributed by atoms with Crippen molar-refractivity contribution in [2.75, 3.05) is 37.5 Å². The van der Waals surface area contributed by atoms with Gasteiger partial charge in [-0.3, -0.25) is 19.2 Å². The summed E-state index contributed by atoms with van der Waals surface area (Å²) in [4.78, 5) is 28.6. The fourth-order valence-corrected chi connectivity index (χ4v) is 3.35. The third-order valence-corrected chi connectivity index (χ3v) is 4.78. The second-order valence-electron chi connectivity index (χ2n) is 6.47. The zero-order valence-corrected chi connectivity index (χ0v) is 16.2. The van der Waals surface area contributed by atoms with Crippen LogP contribution in [0.3, 0.4) is 0 Å². The van der Waals surface area contributed by atoms with Gasteiger partial charge in [-0.2, -0.15) is 5.10 Å². The first-order valence-electron chi connectivity index (χ1n) is 8.52. The first-order chi connectivity index (χ1) is 12.9. The molecule has 1 aliphatic heterocycles. The third kappa shape index (κ3) is 4.23. The molecule has 0 aliphatic carbocycles. The largest absolute Gasteiger partial charge is 0.495 e. The van der Waals surface area contributed by atoms with Crippen LogP contribution < -0.4 is 15.0 Å². The van der Waals surface area contributed by atoms with Crippen LogP contribution in [0.15, 0.2) is 30.6 Å². The first kappa shape index (κ1) is 19.2. The van der Waals surface area contributed by atoms with Gasteiger partial charge in [-0.15, -0.1) is 0 Å². The summed E-state index contributed by atoms with van der Waals surface area (Å²) in [6.45, 7) is 0.677. The molecule has 1 aromatic carbocycles. The molecule has 2 heterocycles. The van der Waals surface area contributed by atoms with Crippen molar-refractivity contribution in [3.05, 3.63) is 35.6 Å². The second-order valence-corrected chi connectivity index (χ2v) is 6.91. The number of anilines is 2. The maximum atomic E-state index is 12.7. The molecular weight excluding hydrogens is 370 g/mol. The van der Waals surface area contributed by atoms with Gasteiger partial charge in [-0.05, 0) is 31.7 Å². The van der Waals surface area contributed by atoms with Gasteiger partial charge in [-0.25, -0.2) is 0 Å². The zero-order valence-electron chi connectivity index (χ0n) is 15.5. The van der Waals surface area contributed by atoms with Crippen molar-refractivity contribution in [2.45, 2.75) is 12.5 Å². The Balaban J connectivity index is 1.62. The number of methoxy groups -OCH3 is 1. The monoisotopic (exact) mass is 391 g/mol. The van der Waals surface area contributed by atoms with Crippen molar-refractivity contribution in [1.82, 2.24) is 14.7 Å². The van der Waals surface area contributed by atoms with Crippen LogP contribution in [0.2, 0.25) is 5.02 Å². The molecule has 9 heteroatoms. The highest BCUT2D eigenvalue weighted by Crippen LogP contribution is 2.28. The molecule has 1 aliphatic rings. The van der Waals surface area contributed by atoms with E-state index in [0.29, 0.717) is 29.4 Å². The molecule has 3 rings (SSSR count). The van der Waals surface area contributed by atoms with Gasteiger partial charge in [0.2, 0.25) is 11.8 Å². The van der Waals surface area contributed by atoms with Gasteiger partial charge in [0, 0.05) is 24.8 Å². The number of amides is 2. The van der Waals surface area contributed by atoms with Gasteiger partial charge in [0.05, 0.1) is 37.3 Å². The van der Waals surface area contributed by atoms with Gasteiger partial charge in [0.1, 0.15) is 5.75 Å². The molecule has 2 amide bonds. The lowest BCUT2D eigenvalue weighted by molar-refractivity contribution is -0.123. The van der Waals surface area contributed by atoms with Crippen LogP contribution in [0, 0.1) is 0 Å². The van der Waals surface area contributed by atoms with Crippen molar-refractivity contribution in [1.29, 1.82) is 0 Å². The average molecular weight is 392 g/mol. The summed E-state index contributed by atoms with van der Waals surface area (Å²) >= 11 is 5.99. The molecule has 1 aromatic heterocycles. The van der Waals surface area contributed by atoms with E-state index in [2.05, 4.69) is 10.4 Å². The number of ether oxygens (including phenoxy) is 1. The molecule has 0 bridgehead atoms.